The fourth-order valence-electron chi connectivity index (χ4n) is 4.38. The van der Waals surface area contributed by atoms with Crippen LogP contribution in [0.15, 0.2) is 54.7 Å². The minimum absolute atomic E-state index is 0.124. The molecular formula is C33H40F3NO3. The van der Waals surface area contributed by atoms with Crippen molar-refractivity contribution in [2.24, 2.45) is 0 Å². The molecule has 1 heterocycles. The molecule has 0 radical (unpaired) electrons. The molecule has 216 valence electrons. The summed E-state index contributed by atoms with van der Waals surface area (Å²) in [5.41, 5.74) is 0.242. The second kappa shape index (κ2) is 15.4. The third-order valence-corrected chi connectivity index (χ3v) is 6.88. The number of alkyl halides is 1. The van der Waals surface area contributed by atoms with Crippen molar-refractivity contribution in [2.75, 3.05) is 6.61 Å². The first-order valence-electron chi connectivity index (χ1n) is 14.3. The fourth-order valence-corrected chi connectivity index (χ4v) is 4.38. The maximum Gasteiger partial charge on any atom is 0.348 e. The number of halogens is 3. The molecule has 0 unspecified atom stereocenters. The van der Waals surface area contributed by atoms with E-state index in [1.807, 2.05) is 6.92 Å². The highest BCUT2D eigenvalue weighted by atomic mass is 19.1. The highest BCUT2D eigenvalue weighted by Crippen LogP contribution is 2.30. The lowest BCUT2D eigenvalue weighted by atomic mass is 10.0. The van der Waals surface area contributed by atoms with Crippen LogP contribution >= 0.6 is 0 Å². The first-order chi connectivity index (χ1) is 19.2. The monoisotopic (exact) mass is 555 g/mol. The van der Waals surface area contributed by atoms with Gasteiger partial charge in [-0.15, -0.1) is 0 Å². The molecular weight excluding hydrogens is 515 g/mol. The third kappa shape index (κ3) is 9.10. The molecule has 1 atom stereocenters. The van der Waals surface area contributed by atoms with Crippen LogP contribution in [0.3, 0.4) is 0 Å². The molecule has 0 saturated carbocycles. The lowest BCUT2D eigenvalue weighted by Gasteiger charge is -2.18. The smallest absolute Gasteiger partial charge is 0.348 e. The Bertz CT molecular complexity index is 1190. The number of hydrogen-bond donors (Lipinski definition) is 0. The second-order valence-corrected chi connectivity index (χ2v) is 10.4. The topological polar surface area (TPSA) is 48.4 Å². The second-order valence-electron chi connectivity index (χ2n) is 10.4. The Labute approximate surface area is 235 Å². The number of hydrogen-bond acceptors (Lipinski definition) is 4. The summed E-state index contributed by atoms with van der Waals surface area (Å²) in [5.74, 6) is -2.52. The van der Waals surface area contributed by atoms with E-state index in [1.54, 1.807) is 42.6 Å². The number of aromatic nitrogens is 1. The zero-order chi connectivity index (χ0) is 29.0. The van der Waals surface area contributed by atoms with E-state index in [0.29, 0.717) is 17.7 Å². The predicted octanol–water partition coefficient (Wildman–Crippen LogP) is 9.65. The first kappa shape index (κ1) is 31.2. The largest absolute Gasteiger partial charge is 0.488 e. The van der Waals surface area contributed by atoms with Gasteiger partial charge in [0.25, 0.3) is 0 Å². The summed E-state index contributed by atoms with van der Waals surface area (Å²) in [5, 5.41) is 0. The zero-order valence-corrected chi connectivity index (χ0v) is 23.8. The number of unbranched alkanes of at least 4 members (excludes halogenated alkanes) is 7. The molecule has 0 aliphatic heterocycles. The molecule has 0 spiro atoms. The molecule has 4 nitrogen and oxygen atoms in total. The van der Waals surface area contributed by atoms with Gasteiger partial charge in [-0.1, -0.05) is 77.0 Å². The first-order valence-corrected chi connectivity index (χ1v) is 14.3. The molecule has 0 aliphatic carbocycles. The standard InChI is InChI=1S/C33H40F3NO3/c1-4-6-8-9-10-12-20-39-31-28(34)21-26(22-29(31)35)30-18-15-25(23-37-30)24-13-16-27(17-14-24)40-32(38)33(3,36)19-11-7-5-2/h13-18,21-23H,4-12,19-20H2,1-3H3/t33-/m0/s1. The van der Waals surface area contributed by atoms with Gasteiger partial charge in [0.1, 0.15) is 5.75 Å². The molecule has 0 bridgehead atoms. The molecule has 0 saturated heterocycles. The third-order valence-electron chi connectivity index (χ3n) is 6.88. The molecule has 3 aromatic rings. The molecule has 1 aromatic heterocycles. The molecule has 40 heavy (non-hydrogen) atoms. The summed E-state index contributed by atoms with van der Waals surface area (Å²) in [6.45, 7) is 5.70. The number of benzene rings is 2. The lowest BCUT2D eigenvalue weighted by Crippen LogP contribution is -2.34. The normalized spacial score (nSPS) is 12.7. The van der Waals surface area contributed by atoms with Crippen molar-refractivity contribution in [1.82, 2.24) is 4.98 Å². The number of carbonyl (C=O) groups excluding carboxylic acids is 1. The highest BCUT2D eigenvalue weighted by Gasteiger charge is 2.34. The van der Waals surface area contributed by atoms with Gasteiger partial charge in [-0.05, 0) is 62.1 Å². The molecule has 0 fully saturated rings. The summed E-state index contributed by atoms with van der Waals surface area (Å²) in [4.78, 5) is 16.6. The summed E-state index contributed by atoms with van der Waals surface area (Å²) in [6, 6.07) is 12.6. The fraction of sp³-hybridized carbons (Fsp3) is 0.455. The van der Waals surface area contributed by atoms with Gasteiger partial charge in [0.2, 0.25) is 5.67 Å². The number of carbonyl (C=O) groups is 1. The minimum atomic E-state index is -2.04. The van der Waals surface area contributed by atoms with Crippen LogP contribution < -0.4 is 9.47 Å². The van der Waals surface area contributed by atoms with Gasteiger partial charge in [0, 0.05) is 17.3 Å². The van der Waals surface area contributed by atoms with E-state index in [2.05, 4.69) is 11.9 Å². The Balaban J connectivity index is 1.59. The van der Waals surface area contributed by atoms with Gasteiger partial charge in [-0.2, -0.15) is 0 Å². The van der Waals surface area contributed by atoms with E-state index in [1.165, 1.54) is 38.3 Å². The number of pyridine rings is 1. The highest BCUT2D eigenvalue weighted by molar-refractivity contribution is 5.81. The Kier molecular flexibility index (Phi) is 12.0. The van der Waals surface area contributed by atoms with Crippen molar-refractivity contribution in [1.29, 1.82) is 0 Å². The van der Waals surface area contributed by atoms with Crippen LogP contribution in [-0.2, 0) is 4.79 Å². The van der Waals surface area contributed by atoms with Gasteiger partial charge in [-0.25, -0.2) is 18.0 Å². The van der Waals surface area contributed by atoms with Gasteiger partial charge in [0.05, 0.1) is 12.3 Å². The maximum absolute atomic E-state index is 14.7. The summed E-state index contributed by atoms with van der Waals surface area (Å²) < 4.78 is 54.6. The number of esters is 1. The zero-order valence-electron chi connectivity index (χ0n) is 23.8. The molecule has 0 N–H and O–H groups in total. The van der Waals surface area contributed by atoms with E-state index in [9.17, 15) is 18.0 Å². The van der Waals surface area contributed by atoms with Gasteiger partial charge in [0.15, 0.2) is 17.4 Å². The Morgan fingerprint density at radius 3 is 2.02 bits per heavy atom. The molecule has 7 heteroatoms. The minimum Gasteiger partial charge on any atom is -0.488 e. The van der Waals surface area contributed by atoms with Crippen molar-refractivity contribution in [3.05, 3.63) is 66.4 Å². The summed E-state index contributed by atoms with van der Waals surface area (Å²) >= 11 is 0. The van der Waals surface area contributed by atoms with Crippen molar-refractivity contribution in [3.63, 3.8) is 0 Å². The lowest BCUT2D eigenvalue weighted by molar-refractivity contribution is -0.147. The van der Waals surface area contributed by atoms with E-state index in [0.717, 1.165) is 43.2 Å². The predicted molar refractivity (Wildman–Crippen MR) is 153 cm³/mol. The number of ether oxygens (including phenoxy) is 2. The Hall–Kier alpha value is -3.35. The van der Waals surface area contributed by atoms with Crippen LogP contribution in [0.5, 0.6) is 11.5 Å². The quantitative estimate of drug-likeness (QED) is 0.100. The molecule has 2 aromatic carbocycles. The van der Waals surface area contributed by atoms with Crippen molar-refractivity contribution in [3.8, 4) is 33.9 Å². The number of rotatable bonds is 16. The van der Waals surface area contributed by atoms with E-state index in [-0.39, 0.29) is 24.5 Å². The van der Waals surface area contributed by atoms with Crippen LogP contribution in [0.25, 0.3) is 22.4 Å². The van der Waals surface area contributed by atoms with Crippen molar-refractivity contribution in [2.45, 2.75) is 90.6 Å². The van der Waals surface area contributed by atoms with Crippen molar-refractivity contribution < 1.29 is 27.4 Å². The van der Waals surface area contributed by atoms with Crippen LogP contribution in [-0.4, -0.2) is 23.2 Å². The maximum atomic E-state index is 14.7. The van der Waals surface area contributed by atoms with Gasteiger partial charge < -0.3 is 9.47 Å². The Morgan fingerprint density at radius 2 is 1.40 bits per heavy atom. The van der Waals surface area contributed by atoms with Crippen LogP contribution in [0.4, 0.5) is 13.2 Å². The van der Waals surface area contributed by atoms with E-state index in [4.69, 9.17) is 9.47 Å². The van der Waals surface area contributed by atoms with E-state index < -0.39 is 23.3 Å². The molecule has 3 rings (SSSR count). The Morgan fingerprint density at radius 1 is 0.800 bits per heavy atom. The summed E-state index contributed by atoms with van der Waals surface area (Å²) in [6.07, 6.45) is 10.5. The van der Waals surface area contributed by atoms with Gasteiger partial charge >= 0.3 is 5.97 Å². The SMILES string of the molecule is CCCCCCCCOc1c(F)cc(-c2ccc(-c3ccc(OC(=O)[C@@](C)(F)CCCCC)cc3)cn2)cc1F. The van der Waals surface area contributed by atoms with Gasteiger partial charge in [-0.3, -0.25) is 4.98 Å². The van der Waals surface area contributed by atoms with Crippen LogP contribution in [0.2, 0.25) is 0 Å². The summed E-state index contributed by atoms with van der Waals surface area (Å²) in [7, 11) is 0. The average molecular weight is 556 g/mol. The van der Waals surface area contributed by atoms with E-state index >= 15 is 0 Å². The average Bonchev–Trinajstić information content (AvgIpc) is 2.94. The molecule has 0 amide bonds. The van der Waals surface area contributed by atoms with Crippen molar-refractivity contribution >= 4 is 5.97 Å². The van der Waals surface area contributed by atoms with Crippen LogP contribution in [0.1, 0.15) is 85.0 Å². The molecule has 0 aliphatic rings. The number of nitrogens with zero attached hydrogens (tertiary/aromatic N) is 1. The van der Waals surface area contributed by atoms with Crippen LogP contribution in [0, 0.1) is 11.6 Å².